The molecule has 2 atom stereocenters. The highest BCUT2D eigenvalue weighted by atomic mass is 32.2. The van der Waals surface area contributed by atoms with Crippen molar-refractivity contribution in [1.82, 2.24) is 4.90 Å². The predicted molar refractivity (Wildman–Crippen MR) is 85.5 cm³/mol. The summed E-state index contributed by atoms with van der Waals surface area (Å²) in [5, 5.41) is 9.18. The molecule has 2 rings (SSSR count). The van der Waals surface area contributed by atoms with E-state index in [1.54, 1.807) is 11.8 Å². The van der Waals surface area contributed by atoms with Crippen LogP contribution in [0.3, 0.4) is 0 Å². The number of amides is 1. The lowest BCUT2D eigenvalue weighted by Gasteiger charge is -2.36. The van der Waals surface area contributed by atoms with Crippen molar-refractivity contribution in [2.45, 2.75) is 25.6 Å². The number of carbonyl (C=O) groups excluding carboxylic acids is 1. The zero-order valence-electron chi connectivity index (χ0n) is 12.4. The van der Waals surface area contributed by atoms with Crippen LogP contribution in [0.4, 0.5) is 0 Å². The summed E-state index contributed by atoms with van der Waals surface area (Å²) in [6.45, 7) is 3.02. The largest absolute Gasteiger partial charge is 0.394 e. The summed E-state index contributed by atoms with van der Waals surface area (Å²) < 4.78 is 5.55. The molecule has 1 fully saturated rings. The minimum atomic E-state index is -0.244. The van der Waals surface area contributed by atoms with Crippen LogP contribution >= 0.6 is 11.8 Å². The van der Waals surface area contributed by atoms with Gasteiger partial charge in [0.25, 0.3) is 0 Å². The summed E-state index contributed by atoms with van der Waals surface area (Å²) in [4.78, 5) is 14.0. The minimum absolute atomic E-state index is 0.00540. The zero-order chi connectivity index (χ0) is 15.1. The molecule has 1 aromatic carbocycles. The molecule has 1 saturated heterocycles. The van der Waals surface area contributed by atoms with Crippen molar-refractivity contribution < 1.29 is 14.6 Å². The van der Waals surface area contributed by atoms with Crippen LogP contribution in [0.15, 0.2) is 30.3 Å². The SMILES string of the molecule is CC1CN(C(=O)CSCCc2ccccc2)CC(CO)O1. The van der Waals surface area contributed by atoms with Gasteiger partial charge in [-0.05, 0) is 24.7 Å². The number of carbonyl (C=O) groups is 1. The second-order valence-corrected chi connectivity index (χ2v) is 6.44. The van der Waals surface area contributed by atoms with Gasteiger partial charge in [-0.2, -0.15) is 11.8 Å². The Labute approximate surface area is 130 Å². The van der Waals surface area contributed by atoms with Crippen molar-refractivity contribution in [2.24, 2.45) is 0 Å². The maximum absolute atomic E-state index is 12.2. The summed E-state index contributed by atoms with van der Waals surface area (Å²) >= 11 is 1.67. The molecule has 0 aliphatic carbocycles. The van der Waals surface area contributed by atoms with E-state index in [1.165, 1.54) is 5.56 Å². The van der Waals surface area contributed by atoms with Gasteiger partial charge in [0.2, 0.25) is 5.91 Å². The number of aryl methyl sites for hydroxylation is 1. The first-order valence-electron chi connectivity index (χ1n) is 7.35. The third-order valence-corrected chi connectivity index (χ3v) is 4.43. The second kappa shape index (κ2) is 8.41. The molecule has 0 bridgehead atoms. The number of aliphatic hydroxyl groups excluding tert-OH is 1. The molecule has 0 radical (unpaired) electrons. The zero-order valence-corrected chi connectivity index (χ0v) is 13.2. The van der Waals surface area contributed by atoms with Gasteiger partial charge in [0.1, 0.15) is 0 Å². The average Bonchev–Trinajstić information content (AvgIpc) is 2.51. The molecule has 1 N–H and O–H groups in total. The quantitative estimate of drug-likeness (QED) is 0.811. The van der Waals surface area contributed by atoms with E-state index >= 15 is 0 Å². The van der Waals surface area contributed by atoms with E-state index in [1.807, 2.05) is 30.0 Å². The molecule has 0 aromatic heterocycles. The van der Waals surface area contributed by atoms with Gasteiger partial charge in [-0.15, -0.1) is 0 Å². The van der Waals surface area contributed by atoms with E-state index < -0.39 is 0 Å². The molecule has 1 aromatic rings. The molecule has 5 heteroatoms. The first kappa shape index (κ1) is 16.3. The van der Waals surface area contributed by atoms with Gasteiger partial charge in [0, 0.05) is 13.1 Å². The van der Waals surface area contributed by atoms with E-state index in [9.17, 15) is 9.90 Å². The molecule has 1 amide bonds. The van der Waals surface area contributed by atoms with Gasteiger partial charge < -0.3 is 14.7 Å². The lowest BCUT2D eigenvalue weighted by Crippen LogP contribution is -2.50. The molecule has 4 nitrogen and oxygen atoms in total. The third kappa shape index (κ3) is 5.34. The van der Waals surface area contributed by atoms with Gasteiger partial charge in [-0.25, -0.2) is 0 Å². The number of nitrogens with zero attached hydrogens (tertiary/aromatic N) is 1. The number of hydrogen-bond donors (Lipinski definition) is 1. The Morgan fingerprint density at radius 1 is 1.38 bits per heavy atom. The van der Waals surface area contributed by atoms with E-state index in [2.05, 4.69) is 12.1 Å². The number of thioether (sulfide) groups is 1. The first-order valence-corrected chi connectivity index (χ1v) is 8.50. The molecular formula is C16H23NO3S. The van der Waals surface area contributed by atoms with Crippen molar-refractivity contribution in [3.8, 4) is 0 Å². The van der Waals surface area contributed by atoms with Crippen LogP contribution in [0, 0.1) is 0 Å². The lowest BCUT2D eigenvalue weighted by atomic mass is 10.2. The van der Waals surface area contributed by atoms with Crippen molar-refractivity contribution in [3.63, 3.8) is 0 Å². The Morgan fingerprint density at radius 2 is 2.14 bits per heavy atom. The number of hydrogen-bond acceptors (Lipinski definition) is 4. The third-order valence-electron chi connectivity index (χ3n) is 3.49. The van der Waals surface area contributed by atoms with E-state index in [4.69, 9.17) is 4.74 Å². The Hall–Kier alpha value is -1.04. The summed E-state index contributed by atoms with van der Waals surface area (Å²) in [6, 6.07) is 10.3. The maximum Gasteiger partial charge on any atom is 0.232 e. The van der Waals surface area contributed by atoms with Gasteiger partial charge in [0.15, 0.2) is 0 Å². The van der Waals surface area contributed by atoms with Crippen molar-refractivity contribution in [3.05, 3.63) is 35.9 Å². The normalized spacial score (nSPS) is 22.3. The molecular weight excluding hydrogens is 286 g/mol. The Bertz CT molecular complexity index is 440. The summed E-state index contributed by atoms with van der Waals surface area (Å²) in [6.07, 6.45) is 0.735. The van der Waals surface area contributed by atoms with Crippen molar-refractivity contribution >= 4 is 17.7 Å². The van der Waals surface area contributed by atoms with Crippen LogP contribution in [0.25, 0.3) is 0 Å². The molecule has 116 valence electrons. The molecule has 0 spiro atoms. The Balaban J connectivity index is 1.69. The monoisotopic (exact) mass is 309 g/mol. The number of aliphatic hydroxyl groups is 1. The predicted octanol–water partition coefficient (Wildman–Crippen LogP) is 1.57. The van der Waals surface area contributed by atoms with Crippen LogP contribution < -0.4 is 0 Å². The van der Waals surface area contributed by atoms with Gasteiger partial charge in [-0.1, -0.05) is 30.3 Å². The summed E-state index contributed by atoms with van der Waals surface area (Å²) in [7, 11) is 0. The van der Waals surface area contributed by atoms with E-state index in [0.29, 0.717) is 18.8 Å². The average molecular weight is 309 g/mol. The molecule has 1 heterocycles. The number of benzene rings is 1. The van der Waals surface area contributed by atoms with E-state index in [-0.39, 0.29) is 24.7 Å². The molecule has 21 heavy (non-hydrogen) atoms. The van der Waals surface area contributed by atoms with Crippen molar-refractivity contribution in [1.29, 1.82) is 0 Å². The van der Waals surface area contributed by atoms with Gasteiger partial charge in [-0.3, -0.25) is 4.79 Å². The molecule has 1 aliphatic rings. The van der Waals surface area contributed by atoms with Crippen LogP contribution in [-0.2, 0) is 16.0 Å². The molecule has 0 saturated carbocycles. The standard InChI is InChI=1S/C16H23NO3S/c1-13-9-17(10-15(11-18)20-13)16(19)12-21-8-7-14-5-3-2-4-6-14/h2-6,13,15,18H,7-12H2,1H3. The Morgan fingerprint density at radius 3 is 2.86 bits per heavy atom. The summed E-state index contributed by atoms with van der Waals surface area (Å²) in [5.41, 5.74) is 1.30. The van der Waals surface area contributed by atoms with Crippen LogP contribution in [-0.4, -0.2) is 59.3 Å². The second-order valence-electron chi connectivity index (χ2n) is 5.34. The summed E-state index contributed by atoms with van der Waals surface area (Å²) in [5.74, 6) is 1.58. The van der Waals surface area contributed by atoms with Crippen LogP contribution in [0.5, 0.6) is 0 Å². The number of rotatable bonds is 6. The highest BCUT2D eigenvalue weighted by Crippen LogP contribution is 2.13. The lowest BCUT2D eigenvalue weighted by molar-refractivity contribution is -0.144. The fourth-order valence-corrected chi connectivity index (χ4v) is 3.32. The smallest absolute Gasteiger partial charge is 0.232 e. The van der Waals surface area contributed by atoms with Crippen molar-refractivity contribution in [2.75, 3.05) is 31.2 Å². The highest BCUT2D eigenvalue weighted by Gasteiger charge is 2.27. The van der Waals surface area contributed by atoms with Gasteiger partial charge >= 0.3 is 0 Å². The molecule has 1 aliphatic heterocycles. The Kier molecular flexibility index (Phi) is 6.54. The maximum atomic E-state index is 12.2. The van der Waals surface area contributed by atoms with Crippen LogP contribution in [0.1, 0.15) is 12.5 Å². The number of morpholine rings is 1. The topological polar surface area (TPSA) is 49.8 Å². The fourth-order valence-electron chi connectivity index (χ4n) is 2.44. The van der Waals surface area contributed by atoms with E-state index in [0.717, 1.165) is 12.2 Å². The van der Waals surface area contributed by atoms with Crippen LogP contribution in [0.2, 0.25) is 0 Å². The number of ether oxygens (including phenoxy) is 1. The molecule has 2 unspecified atom stereocenters. The minimum Gasteiger partial charge on any atom is -0.394 e. The highest BCUT2D eigenvalue weighted by molar-refractivity contribution is 7.99. The first-order chi connectivity index (χ1) is 10.2. The van der Waals surface area contributed by atoms with Gasteiger partial charge in [0.05, 0.1) is 24.6 Å². The fraction of sp³-hybridized carbons (Fsp3) is 0.562.